The van der Waals surface area contributed by atoms with Crippen molar-refractivity contribution in [3.05, 3.63) is 45.7 Å². The molecular formula is C13H13BrClN3O. The SMILES string of the molecule is CNC(=O)C(C)c1ccc(-n2cc(Br)cn2)c(Cl)c1. The first-order valence-corrected chi connectivity index (χ1v) is 6.91. The Labute approximate surface area is 124 Å². The van der Waals surface area contributed by atoms with Gasteiger partial charge in [-0.1, -0.05) is 17.7 Å². The molecule has 0 saturated heterocycles. The Morgan fingerprint density at radius 3 is 2.79 bits per heavy atom. The van der Waals surface area contributed by atoms with Crippen molar-refractivity contribution in [3.63, 3.8) is 0 Å². The van der Waals surface area contributed by atoms with Gasteiger partial charge >= 0.3 is 0 Å². The number of nitrogens with zero attached hydrogens (tertiary/aromatic N) is 2. The van der Waals surface area contributed by atoms with Crippen molar-refractivity contribution in [2.45, 2.75) is 12.8 Å². The topological polar surface area (TPSA) is 46.9 Å². The summed E-state index contributed by atoms with van der Waals surface area (Å²) in [5, 5.41) is 7.36. The van der Waals surface area contributed by atoms with E-state index in [0.29, 0.717) is 5.02 Å². The molecule has 1 N–H and O–H groups in total. The molecule has 2 rings (SSSR count). The highest BCUT2D eigenvalue weighted by Gasteiger charge is 2.15. The van der Waals surface area contributed by atoms with Crippen LogP contribution in [-0.2, 0) is 4.79 Å². The Hall–Kier alpha value is -1.33. The maximum absolute atomic E-state index is 11.6. The molecule has 0 aliphatic carbocycles. The fraction of sp³-hybridized carbons (Fsp3) is 0.231. The first-order chi connectivity index (χ1) is 9.02. The maximum Gasteiger partial charge on any atom is 0.227 e. The molecule has 4 nitrogen and oxygen atoms in total. The first-order valence-electron chi connectivity index (χ1n) is 5.74. The molecule has 0 spiro atoms. The minimum Gasteiger partial charge on any atom is -0.359 e. The van der Waals surface area contributed by atoms with E-state index < -0.39 is 0 Å². The molecule has 1 amide bonds. The van der Waals surface area contributed by atoms with Crippen LogP contribution < -0.4 is 5.32 Å². The van der Waals surface area contributed by atoms with Crippen LogP contribution in [0.4, 0.5) is 0 Å². The largest absolute Gasteiger partial charge is 0.359 e. The number of likely N-dealkylation sites (N-methyl/N-ethyl adjacent to an activating group) is 1. The molecule has 0 bridgehead atoms. The molecule has 100 valence electrons. The number of carbonyl (C=O) groups excluding carboxylic acids is 1. The van der Waals surface area contributed by atoms with Crippen LogP contribution >= 0.6 is 27.5 Å². The van der Waals surface area contributed by atoms with Crippen LogP contribution in [0, 0.1) is 0 Å². The van der Waals surface area contributed by atoms with Gasteiger partial charge in [-0.2, -0.15) is 5.10 Å². The Kier molecular flexibility index (Phi) is 4.27. The normalized spacial score (nSPS) is 12.2. The van der Waals surface area contributed by atoms with E-state index in [-0.39, 0.29) is 11.8 Å². The summed E-state index contributed by atoms with van der Waals surface area (Å²) in [5.74, 6) is -0.272. The van der Waals surface area contributed by atoms with Crippen LogP contribution in [0.15, 0.2) is 35.1 Å². The van der Waals surface area contributed by atoms with Gasteiger partial charge in [-0.25, -0.2) is 4.68 Å². The predicted molar refractivity (Wildman–Crippen MR) is 78.8 cm³/mol. The lowest BCUT2D eigenvalue weighted by atomic mass is 10.00. The third kappa shape index (κ3) is 2.98. The second-order valence-corrected chi connectivity index (χ2v) is 5.47. The minimum absolute atomic E-state index is 0.0364. The van der Waals surface area contributed by atoms with E-state index in [1.165, 1.54) is 0 Å². The number of hydrogen-bond donors (Lipinski definition) is 1. The van der Waals surface area contributed by atoms with Gasteiger partial charge in [0, 0.05) is 13.2 Å². The number of halogens is 2. The highest BCUT2D eigenvalue weighted by atomic mass is 79.9. The van der Waals surface area contributed by atoms with Gasteiger partial charge < -0.3 is 5.32 Å². The zero-order valence-corrected chi connectivity index (χ0v) is 12.9. The number of amides is 1. The van der Waals surface area contributed by atoms with Gasteiger partial charge in [0.1, 0.15) is 0 Å². The summed E-state index contributed by atoms with van der Waals surface area (Å²) in [4.78, 5) is 11.6. The number of carbonyl (C=O) groups is 1. The molecule has 0 aliphatic rings. The molecule has 1 aromatic heterocycles. The quantitative estimate of drug-likeness (QED) is 0.931. The molecule has 0 saturated carbocycles. The summed E-state index contributed by atoms with van der Waals surface area (Å²) in [5.41, 5.74) is 1.65. The average molecular weight is 343 g/mol. The third-order valence-electron chi connectivity index (χ3n) is 2.91. The number of rotatable bonds is 3. The maximum atomic E-state index is 11.6. The molecule has 0 radical (unpaired) electrons. The zero-order valence-electron chi connectivity index (χ0n) is 10.5. The molecule has 1 aromatic carbocycles. The summed E-state index contributed by atoms with van der Waals surface area (Å²) < 4.78 is 2.56. The summed E-state index contributed by atoms with van der Waals surface area (Å²) in [6, 6.07) is 5.54. The second kappa shape index (κ2) is 5.75. The van der Waals surface area contributed by atoms with Gasteiger partial charge in [0.05, 0.1) is 27.3 Å². The Morgan fingerprint density at radius 1 is 1.53 bits per heavy atom. The molecule has 0 fully saturated rings. The van der Waals surface area contributed by atoms with Crippen molar-refractivity contribution in [1.29, 1.82) is 0 Å². The van der Waals surface area contributed by atoms with Crippen molar-refractivity contribution in [3.8, 4) is 5.69 Å². The van der Waals surface area contributed by atoms with Crippen molar-refractivity contribution >= 4 is 33.4 Å². The molecule has 1 heterocycles. The summed E-state index contributed by atoms with van der Waals surface area (Å²) in [7, 11) is 1.62. The van der Waals surface area contributed by atoms with Crippen LogP contribution in [0.5, 0.6) is 0 Å². The summed E-state index contributed by atoms with van der Waals surface area (Å²) in [6.45, 7) is 1.84. The zero-order chi connectivity index (χ0) is 14.0. The highest BCUT2D eigenvalue weighted by molar-refractivity contribution is 9.10. The Morgan fingerprint density at radius 2 is 2.26 bits per heavy atom. The molecule has 0 aliphatic heterocycles. The molecular weight excluding hydrogens is 330 g/mol. The molecule has 1 unspecified atom stereocenters. The molecule has 1 atom stereocenters. The van der Waals surface area contributed by atoms with E-state index in [0.717, 1.165) is 15.7 Å². The van der Waals surface area contributed by atoms with E-state index in [2.05, 4.69) is 26.3 Å². The number of benzene rings is 1. The Balaban J connectivity index is 2.34. The van der Waals surface area contributed by atoms with E-state index in [1.807, 2.05) is 25.3 Å². The Bertz CT molecular complexity index is 612. The van der Waals surface area contributed by atoms with E-state index in [9.17, 15) is 4.79 Å². The molecule has 2 aromatic rings. The van der Waals surface area contributed by atoms with E-state index in [4.69, 9.17) is 11.6 Å². The standard InChI is InChI=1S/C13H13BrClN3O/c1-8(13(19)16-2)9-3-4-12(11(15)5-9)18-7-10(14)6-17-18/h3-8H,1-2H3,(H,16,19). The highest BCUT2D eigenvalue weighted by Crippen LogP contribution is 2.26. The van der Waals surface area contributed by atoms with Gasteiger partial charge in [0.2, 0.25) is 5.91 Å². The van der Waals surface area contributed by atoms with Gasteiger partial charge in [-0.3, -0.25) is 4.79 Å². The van der Waals surface area contributed by atoms with Gasteiger partial charge in [-0.05, 0) is 40.5 Å². The van der Waals surface area contributed by atoms with Crippen molar-refractivity contribution in [2.24, 2.45) is 0 Å². The fourth-order valence-electron chi connectivity index (χ4n) is 1.78. The minimum atomic E-state index is -0.235. The van der Waals surface area contributed by atoms with Crippen molar-refractivity contribution < 1.29 is 4.79 Å². The summed E-state index contributed by atoms with van der Waals surface area (Å²) in [6.07, 6.45) is 3.51. The number of nitrogens with one attached hydrogen (secondary N) is 1. The van der Waals surface area contributed by atoms with Gasteiger partial charge in [0.25, 0.3) is 0 Å². The van der Waals surface area contributed by atoms with Crippen molar-refractivity contribution in [2.75, 3.05) is 7.05 Å². The van der Waals surface area contributed by atoms with E-state index >= 15 is 0 Å². The second-order valence-electron chi connectivity index (χ2n) is 4.15. The smallest absolute Gasteiger partial charge is 0.227 e. The van der Waals surface area contributed by atoms with Crippen LogP contribution in [0.25, 0.3) is 5.69 Å². The molecule has 6 heteroatoms. The van der Waals surface area contributed by atoms with Crippen LogP contribution in [-0.4, -0.2) is 22.7 Å². The third-order valence-corrected chi connectivity index (χ3v) is 3.62. The lowest BCUT2D eigenvalue weighted by Gasteiger charge is -2.12. The lowest BCUT2D eigenvalue weighted by molar-refractivity contribution is -0.121. The van der Waals surface area contributed by atoms with Crippen LogP contribution in [0.3, 0.4) is 0 Å². The number of aromatic nitrogens is 2. The van der Waals surface area contributed by atoms with Gasteiger partial charge in [0.15, 0.2) is 0 Å². The fourth-order valence-corrected chi connectivity index (χ4v) is 2.34. The van der Waals surface area contributed by atoms with E-state index in [1.54, 1.807) is 24.0 Å². The van der Waals surface area contributed by atoms with Crippen LogP contribution in [0.2, 0.25) is 5.02 Å². The van der Waals surface area contributed by atoms with Crippen molar-refractivity contribution in [1.82, 2.24) is 15.1 Å². The predicted octanol–water partition coefficient (Wildman–Crippen LogP) is 3.14. The summed E-state index contributed by atoms with van der Waals surface area (Å²) >= 11 is 9.60. The average Bonchev–Trinajstić information content (AvgIpc) is 2.83. The van der Waals surface area contributed by atoms with Gasteiger partial charge in [-0.15, -0.1) is 0 Å². The van der Waals surface area contributed by atoms with Crippen LogP contribution in [0.1, 0.15) is 18.4 Å². The monoisotopic (exact) mass is 341 g/mol. The molecule has 19 heavy (non-hydrogen) atoms. The lowest BCUT2D eigenvalue weighted by Crippen LogP contribution is -2.23. The number of hydrogen-bond acceptors (Lipinski definition) is 2. The first kappa shape index (κ1) is 14.1.